The van der Waals surface area contributed by atoms with E-state index < -0.39 is 0 Å². The average molecular weight is 403 g/mol. The van der Waals surface area contributed by atoms with Crippen LogP contribution in [-0.2, 0) is 4.79 Å². The molecule has 3 rings (SSSR count). The molecule has 0 aliphatic carbocycles. The Balaban J connectivity index is 1.69. The van der Waals surface area contributed by atoms with Gasteiger partial charge < -0.3 is 20.3 Å². The van der Waals surface area contributed by atoms with Gasteiger partial charge in [0, 0.05) is 25.0 Å². The Morgan fingerprint density at radius 3 is 2.27 bits per heavy atom. The standard InChI is InChI=1S/C24H25N3O3/c1-3-25-23(28)17-30-20-15-13-18(14-16-20)26-24(29)21-11-7-8-12-22(21)27(2)19-9-5-4-6-10-19/h4-16H,3,17H2,1-2H3,(H,25,28)(H,26,29). The molecule has 0 aliphatic rings. The molecule has 2 N–H and O–H groups in total. The molecule has 0 heterocycles. The number of ether oxygens (including phenoxy) is 1. The van der Waals surface area contributed by atoms with Crippen LogP contribution in [0.3, 0.4) is 0 Å². The molecule has 0 saturated carbocycles. The summed E-state index contributed by atoms with van der Waals surface area (Å²) in [6.45, 7) is 2.37. The number of carbonyl (C=O) groups excluding carboxylic acids is 2. The minimum Gasteiger partial charge on any atom is -0.484 e. The van der Waals surface area contributed by atoms with Crippen molar-refractivity contribution in [1.29, 1.82) is 0 Å². The van der Waals surface area contributed by atoms with Gasteiger partial charge in [0.05, 0.1) is 11.3 Å². The summed E-state index contributed by atoms with van der Waals surface area (Å²) in [5.41, 5.74) is 3.01. The molecule has 3 aromatic carbocycles. The number of nitrogens with one attached hydrogen (secondary N) is 2. The average Bonchev–Trinajstić information content (AvgIpc) is 2.79. The van der Waals surface area contributed by atoms with Gasteiger partial charge >= 0.3 is 0 Å². The lowest BCUT2D eigenvalue weighted by Gasteiger charge is -2.22. The molecule has 6 nitrogen and oxygen atoms in total. The summed E-state index contributed by atoms with van der Waals surface area (Å²) in [5.74, 6) is 0.182. The van der Waals surface area contributed by atoms with Crippen LogP contribution >= 0.6 is 0 Å². The Bertz CT molecular complexity index is 988. The molecule has 0 unspecified atom stereocenters. The van der Waals surface area contributed by atoms with E-state index in [2.05, 4.69) is 10.6 Å². The zero-order chi connectivity index (χ0) is 21.3. The van der Waals surface area contributed by atoms with Gasteiger partial charge in [0.15, 0.2) is 6.61 Å². The number of rotatable bonds is 8. The Kier molecular flexibility index (Phi) is 7.05. The second kappa shape index (κ2) is 10.1. The van der Waals surface area contributed by atoms with Gasteiger partial charge in [-0.3, -0.25) is 9.59 Å². The van der Waals surface area contributed by atoms with E-state index in [1.807, 2.05) is 67.4 Å². The van der Waals surface area contributed by atoms with Crippen LogP contribution in [0.2, 0.25) is 0 Å². The second-order valence-corrected chi connectivity index (χ2v) is 6.63. The number of hydrogen-bond donors (Lipinski definition) is 2. The van der Waals surface area contributed by atoms with Crippen LogP contribution in [0.4, 0.5) is 17.1 Å². The zero-order valence-electron chi connectivity index (χ0n) is 17.1. The Labute approximate surface area is 176 Å². The third kappa shape index (κ3) is 5.38. The van der Waals surface area contributed by atoms with Crippen LogP contribution in [0.1, 0.15) is 17.3 Å². The molecule has 30 heavy (non-hydrogen) atoms. The fourth-order valence-electron chi connectivity index (χ4n) is 2.98. The zero-order valence-corrected chi connectivity index (χ0v) is 17.1. The third-order valence-corrected chi connectivity index (χ3v) is 4.51. The molecule has 0 aliphatic heterocycles. The number of anilines is 3. The largest absolute Gasteiger partial charge is 0.484 e. The third-order valence-electron chi connectivity index (χ3n) is 4.51. The Morgan fingerprint density at radius 1 is 0.900 bits per heavy atom. The van der Waals surface area contributed by atoms with E-state index in [0.29, 0.717) is 23.5 Å². The summed E-state index contributed by atoms with van der Waals surface area (Å²) in [6.07, 6.45) is 0. The molecule has 0 fully saturated rings. The first-order chi connectivity index (χ1) is 14.6. The lowest BCUT2D eigenvalue weighted by Crippen LogP contribution is -2.28. The molecule has 0 atom stereocenters. The van der Waals surface area contributed by atoms with E-state index in [0.717, 1.165) is 11.4 Å². The summed E-state index contributed by atoms with van der Waals surface area (Å²) in [6, 6.07) is 24.3. The van der Waals surface area contributed by atoms with Crippen molar-refractivity contribution in [1.82, 2.24) is 5.32 Å². The van der Waals surface area contributed by atoms with Gasteiger partial charge in [-0.05, 0) is 55.5 Å². The van der Waals surface area contributed by atoms with E-state index in [-0.39, 0.29) is 18.4 Å². The predicted octanol–water partition coefficient (Wildman–Crippen LogP) is 4.22. The fraction of sp³-hybridized carbons (Fsp3) is 0.167. The van der Waals surface area contributed by atoms with Crippen LogP contribution in [-0.4, -0.2) is 32.0 Å². The highest BCUT2D eigenvalue weighted by Crippen LogP contribution is 2.27. The first kappa shape index (κ1) is 20.9. The number of amides is 2. The fourth-order valence-corrected chi connectivity index (χ4v) is 2.98. The van der Waals surface area contributed by atoms with Gasteiger partial charge in [0.25, 0.3) is 11.8 Å². The molecular formula is C24H25N3O3. The van der Waals surface area contributed by atoms with Crippen LogP contribution in [0, 0.1) is 0 Å². The van der Waals surface area contributed by atoms with E-state index >= 15 is 0 Å². The van der Waals surface area contributed by atoms with E-state index in [1.165, 1.54) is 0 Å². The van der Waals surface area contributed by atoms with E-state index in [9.17, 15) is 9.59 Å². The molecule has 0 bridgehead atoms. The monoisotopic (exact) mass is 403 g/mol. The highest BCUT2D eigenvalue weighted by molar-refractivity contribution is 6.08. The highest BCUT2D eigenvalue weighted by atomic mass is 16.5. The number of likely N-dealkylation sites (N-methyl/N-ethyl adjacent to an activating group) is 1. The van der Waals surface area contributed by atoms with E-state index in [1.54, 1.807) is 30.3 Å². The summed E-state index contributed by atoms with van der Waals surface area (Å²) in [4.78, 5) is 26.4. The summed E-state index contributed by atoms with van der Waals surface area (Å²) in [5, 5.41) is 5.59. The van der Waals surface area contributed by atoms with Crippen molar-refractivity contribution < 1.29 is 14.3 Å². The molecule has 0 radical (unpaired) electrons. The molecular weight excluding hydrogens is 378 g/mol. The summed E-state index contributed by atoms with van der Waals surface area (Å²) < 4.78 is 5.43. The minimum atomic E-state index is -0.204. The molecule has 0 spiro atoms. The molecule has 6 heteroatoms. The normalized spacial score (nSPS) is 10.2. The van der Waals surface area contributed by atoms with E-state index in [4.69, 9.17) is 4.74 Å². The van der Waals surface area contributed by atoms with Crippen molar-refractivity contribution in [2.24, 2.45) is 0 Å². The lowest BCUT2D eigenvalue weighted by molar-refractivity contribution is -0.122. The van der Waals surface area contributed by atoms with Crippen molar-refractivity contribution in [3.63, 3.8) is 0 Å². The summed E-state index contributed by atoms with van der Waals surface area (Å²) in [7, 11) is 1.93. The van der Waals surface area contributed by atoms with Crippen molar-refractivity contribution >= 4 is 28.9 Å². The van der Waals surface area contributed by atoms with Crippen LogP contribution in [0.15, 0.2) is 78.9 Å². The van der Waals surface area contributed by atoms with Crippen molar-refractivity contribution in [2.75, 3.05) is 30.4 Å². The van der Waals surface area contributed by atoms with Gasteiger partial charge in [-0.1, -0.05) is 30.3 Å². The van der Waals surface area contributed by atoms with Crippen molar-refractivity contribution in [2.45, 2.75) is 6.92 Å². The predicted molar refractivity (Wildman–Crippen MR) is 120 cm³/mol. The van der Waals surface area contributed by atoms with Gasteiger partial charge in [-0.25, -0.2) is 0 Å². The van der Waals surface area contributed by atoms with Gasteiger partial charge in [0.2, 0.25) is 0 Å². The van der Waals surface area contributed by atoms with Crippen molar-refractivity contribution in [3.05, 3.63) is 84.4 Å². The van der Waals surface area contributed by atoms with Crippen LogP contribution in [0.25, 0.3) is 0 Å². The Hall–Kier alpha value is -3.80. The number of para-hydroxylation sites is 2. The SMILES string of the molecule is CCNC(=O)COc1ccc(NC(=O)c2ccccc2N(C)c2ccccc2)cc1. The maximum Gasteiger partial charge on any atom is 0.257 e. The minimum absolute atomic E-state index is 0.0429. The molecule has 0 aromatic heterocycles. The molecule has 0 saturated heterocycles. The first-order valence-corrected chi connectivity index (χ1v) is 9.77. The quantitative estimate of drug-likeness (QED) is 0.591. The molecule has 2 amide bonds. The number of hydrogen-bond acceptors (Lipinski definition) is 4. The smallest absolute Gasteiger partial charge is 0.257 e. The number of nitrogens with zero attached hydrogens (tertiary/aromatic N) is 1. The molecule has 154 valence electrons. The van der Waals surface area contributed by atoms with Gasteiger partial charge in [0.1, 0.15) is 5.75 Å². The van der Waals surface area contributed by atoms with Crippen molar-refractivity contribution in [3.8, 4) is 5.75 Å². The lowest BCUT2D eigenvalue weighted by atomic mass is 10.1. The van der Waals surface area contributed by atoms with Crippen LogP contribution in [0.5, 0.6) is 5.75 Å². The maximum absolute atomic E-state index is 12.9. The van der Waals surface area contributed by atoms with Crippen LogP contribution < -0.4 is 20.3 Å². The number of carbonyl (C=O) groups is 2. The maximum atomic E-state index is 12.9. The first-order valence-electron chi connectivity index (χ1n) is 9.77. The molecule has 3 aromatic rings. The van der Waals surface area contributed by atoms with Gasteiger partial charge in [-0.2, -0.15) is 0 Å². The topological polar surface area (TPSA) is 70.7 Å². The number of benzene rings is 3. The van der Waals surface area contributed by atoms with Gasteiger partial charge in [-0.15, -0.1) is 0 Å². The Morgan fingerprint density at radius 2 is 1.57 bits per heavy atom. The summed E-state index contributed by atoms with van der Waals surface area (Å²) >= 11 is 0. The highest BCUT2D eigenvalue weighted by Gasteiger charge is 2.15. The second-order valence-electron chi connectivity index (χ2n) is 6.63.